The normalized spacial score (nSPS) is 24.2. The van der Waals surface area contributed by atoms with Gasteiger partial charge in [0.1, 0.15) is 6.04 Å². The Morgan fingerprint density at radius 2 is 2.25 bits per heavy atom. The van der Waals surface area contributed by atoms with Crippen LogP contribution in [-0.2, 0) is 4.79 Å². The Bertz CT molecular complexity index is 402. The number of hydrogen-bond donors (Lipinski definition) is 0. The summed E-state index contributed by atoms with van der Waals surface area (Å²) < 4.78 is 0. The number of fused-ring (bicyclic) bond motifs is 1. The van der Waals surface area contributed by atoms with Crippen LogP contribution in [0.2, 0.25) is 0 Å². The fourth-order valence-corrected chi connectivity index (χ4v) is 2.82. The summed E-state index contributed by atoms with van der Waals surface area (Å²) in [5.41, 5.74) is 1.06. The lowest BCUT2D eigenvalue weighted by atomic mass is 9.93. The molecule has 3 rings (SSSR count). The van der Waals surface area contributed by atoms with E-state index in [9.17, 15) is 4.79 Å². The predicted octanol–water partition coefficient (Wildman–Crippen LogP) is 2.08. The second kappa shape index (κ2) is 3.77. The first-order chi connectivity index (χ1) is 7.90. The predicted molar refractivity (Wildman–Crippen MR) is 57.5 cm³/mol. The Balaban J connectivity index is 1.96. The van der Waals surface area contributed by atoms with Crippen LogP contribution in [-0.4, -0.2) is 16.5 Å². The van der Waals surface area contributed by atoms with Crippen LogP contribution < -0.4 is 4.84 Å². The van der Waals surface area contributed by atoms with Crippen molar-refractivity contribution in [2.45, 2.75) is 31.7 Å². The van der Waals surface area contributed by atoms with Gasteiger partial charge in [-0.15, -0.1) is 0 Å². The second-order valence-electron chi connectivity index (χ2n) is 4.44. The van der Waals surface area contributed by atoms with Gasteiger partial charge in [0, 0.05) is 11.8 Å². The fraction of sp³-hybridized carbons (Fsp3) is 0.500. The van der Waals surface area contributed by atoms with Gasteiger partial charge in [-0.05, 0) is 30.9 Å². The quantitative estimate of drug-likeness (QED) is 0.714. The topological polar surface area (TPSA) is 42.4 Å². The first kappa shape index (κ1) is 9.63. The first-order valence-electron chi connectivity index (χ1n) is 5.76. The number of rotatable bonds is 2. The molecule has 0 N–H and O–H groups in total. The summed E-state index contributed by atoms with van der Waals surface area (Å²) in [7, 11) is 0. The molecule has 0 spiro atoms. The number of hydroxylamine groups is 2. The van der Waals surface area contributed by atoms with Crippen molar-refractivity contribution in [1.82, 2.24) is 10.0 Å². The van der Waals surface area contributed by atoms with Crippen molar-refractivity contribution < 1.29 is 9.63 Å². The van der Waals surface area contributed by atoms with Gasteiger partial charge in [0.05, 0.1) is 0 Å². The van der Waals surface area contributed by atoms with E-state index in [0.29, 0.717) is 11.8 Å². The Morgan fingerprint density at radius 3 is 3.00 bits per heavy atom. The number of nitrogens with zero attached hydrogens (tertiary/aromatic N) is 2. The van der Waals surface area contributed by atoms with Crippen LogP contribution in [0.4, 0.5) is 0 Å². The first-order valence-corrected chi connectivity index (χ1v) is 5.76. The summed E-state index contributed by atoms with van der Waals surface area (Å²) in [6.07, 6.45) is 7.32. The molecule has 2 aliphatic rings. The third kappa shape index (κ3) is 1.37. The third-order valence-electron chi connectivity index (χ3n) is 3.54. The SMILES string of the molecule is O=CN1Oc2ncccc2C1C1CCCC1. The summed E-state index contributed by atoms with van der Waals surface area (Å²) in [5, 5.41) is 1.42. The van der Waals surface area contributed by atoms with E-state index in [1.807, 2.05) is 12.1 Å². The van der Waals surface area contributed by atoms with Crippen molar-refractivity contribution in [3.63, 3.8) is 0 Å². The van der Waals surface area contributed by atoms with E-state index < -0.39 is 0 Å². The van der Waals surface area contributed by atoms with E-state index in [4.69, 9.17) is 4.84 Å². The van der Waals surface area contributed by atoms with E-state index in [1.54, 1.807) is 6.20 Å². The smallest absolute Gasteiger partial charge is 0.251 e. The van der Waals surface area contributed by atoms with Gasteiger partial charge in [-0.25, -0.2) is 4.98 Å². The van der Waals surface area contributed by atoms with Gasteiger partial charge >= 0.3 is 0 Å². The van der Waals surface area contributed by atoms with Gasteiger partial charge in [0.15, 0.2) is 0 Å². The lowest BCUT2D eigenvalue weighted by Gasteiger charge is -2.23. The number of hydrogen-bond acceptors (Lipinski definition) is 3. The molecule has 1 aromatic rings. The van der Waals surface area contributed by atoms with Crippen LogP contribution in [0.1, 0.15) is 37.3 Å². The number of carbonyl (C=O) groups is 1. The van der Waals surface area contributed by atoms with Gasteiger partial charge < -0.3 is 4.84 Å². The molecule has 0 saturated heterocycles. The van der Waals surface area contributed by atoms with Gasteiger partial charge in [0.25, 0.3) is 5.88 Å². The minimum absolute atomic E-state index is 0.0729. The molecule has 84 valence electrons. The highest BCUT2D eigenvalue weighted by Gasteiger charge is 2.39. The number of carbonyl (C=O) groups excluding carboxylic acids is 1. The molecule has 0 radical (unpaired) electrons. The van der Waals surface area contributed by atoms with Gasteiger partial charge in [-0.2, -0.15) is 5.06 Å². The molecule has 1 amide bonds. The number of aromatic nitrogens is 1. The van der Waals surface area contributed by atoms with E-state index in [0.717, 1.165) is 12.0 Å². The zero-order valence-corrected chi connectivity index (χ0v) is 9.00. The molecule has 1 unspecified atom stereocenters. The molecule has 1 aliphatic carbocycles. The van der Waals surface area contributed by atoms with E-state index in [1.165, 1.54) is 30.7 Å². The minimum Gasteiger partial charge on any atom is -0.356 e. The summed E-state index contributed by atoms with van der Waals surface area (Å²) >= 11 is 0. The maximum absolute atomic E-state index is 11.0. The largest absolute Gasteiger partial charge is 0.356 e. The molecular formula is C12H14N2O2. The molecule has 1 aliphatic heterocycles. The Labute approximate surface area is 94.2 Å². The molecule has 1 aromatic heterocycles. The zero-order chi connectivity index (χ0) is 11.0. The second-order valence-corrected chi connectivity index (χ2v) is 4.44. The molecule has 1 fully saturated rings. The number of pyridine rings is 1. The molecule has 1 saturated carbocycles. The Morgan fingerprint density at radius 1 is 1.44 bits per heavy atom. The van der Waals surface area contributed by atoms with Gasteiger partial charge in [-0.1, -0.05) is 12.8 Å². The molecule has 0 aromatic carbocycles. The third-order valence-corrected chi connectivity index (χ3v) is 3.54. The van der Waals surface area contributed by atoms with Crippen LogP contribution in [0.25, 0.3) is 0 Å². The maximum Gasteiger partial charge on any atom is 0.251 e. The van der Waals surface area contributed by atoms with Crippen LogP contribution in [0.3, 0.4) is 0 Å². The van der Waals surface area contributed by atoms with Gasteiger partial charge in [-0.3, -0.25) is 4.79 Å². The van der Waals surface area contributed by atoms with E-state index in [2.05, 4.69) is 4.98 Å². The van der Waals surface area contributed by atoms with Crippen molar-refractivity contribution in [3.8, 4) is 5.88 Å². The highest BCUT2D eigenvalue weighted by molar-refractivity contribution is 5.51. The molecule has 4 heteroatoms. The lowest BCUT2D eigenvalue weighted by molar-refractivity contribution is -0.149. The molecular weight excluding hydrogens is 204 g/mol. The van der Waals surface area contributed by atoms with Crippen LogP contribution in [0.5, 0.6) is 5.88 Å². The van der Waals surface area contributed by atoms with Crippen molar-refractivity contribution in [1.29, 1.82) is 0 Å². The maximum atomic E-state index is 11.0. The summed E-state index contributed by atoms with van der Waals surface area (Å²) in [5.74, 6) is 1.11. The lowest BCUT2D eigenvalue weighted by Crippen LogP contribution is -2.29. The summed E-state index contributed by atoms with van der Waals surface area (Å²) in [6, 6.07) is 3.98. The van der Waals surface area contributed by atoms with Crippen molar-refractivity contribution in [2.75, 3.05) is 0 Å². The zero-order valence-electron chi connectivity index (χ0n) is 9.00. The highest BCUT2D eigenvalue weighted by Crippen LogP contribution is 2.45. The Hall–Kier alpha value is -1.58. The molecule has 1 atom stereocenters. The molecule has 4 nitrogen and oxygen atoms in total. The molecule has 16 heavy (non-hydrogen) atoms. The van der Waals surface area contributed by atoms with Crippen molar-refractivity contribution in [2.24, 2.45) is 5.92 Å². The standard InChI is InChI=1S/C12H14N2O2/c15-8-14-11(9-4-1-2-5-9)10-6-3-7-13-12(10)16-14/h3,6-9,11H,1-2,4-5H2. The average molecular weight is 218 g/mol. The monoisotopic (exact) mass is 218 g/mol. The fourth-order valence-electron chi connectivity index (χ4n) is 2.82. The number of amides is 1. The minimum atomic E-state index is 0.0729. The van der Waals surface area contributed by atoms with Crippen LogP contribution in [0.15, 0.2) is 18.3 Å². The van der Waals surface area contributed by atoms with Gasteiger partial charge in [0.2, 0.25) is 6.41 Å². The van der Waals surface area contributed by atoms with Crippen LogP contribution >= 0.6 is 0 Å². The summed E-state index contributed by atoms with van der Waals surface area (Å²) in [4.78, 5) is 20.6. The van der Waals surface area contributed by atoms with E-state index in [-0.39, 0.29) is 6.04 Å². The van der Waals surface area contributed by atoms with Crippen molar-refractivity contribution in [3.05, 3.63) is 23.9 Å². The highest BCUT2D eigenvalue weighted by atomic mass is 16.7. The van der Waals surface area contributed by atoms with Crippen molar-refractivity contribution >= 4 is 6.41 Å². The van der Waals surface area contributed by atoms with E-state index >= 15 is 0 Å². The average Bonchev–Trinajstić information content (AvgIpc) is 2.94. The molecule has 0 bridgehead atoms. The van der Waals surface area contributed by atoms with Crippen LogP contribution in [0, 0.1) is 5.92 Å². The molecule has 2 heterocycles. The Kier molecular flexibility index (Phi) is 2.27. The summed E-state index contributed by atoms with van der Waals surface area (Å²) in [6.45, 7) is 0.